The third-order valence-corrected chi connectivity index (χ3v) is 4.99. The highest BCUT2D eigenvalue weighted by Crippen LogP contribution is 2.27. The number of rotatable bonds is 8. The normalized spacial score (nSPS) is 13.3. The van der Waals surface area contributed by atoms with Crippen LogP contribution < -0.4 is 10.1 Å². The number of aryl methyl sites for hydroxylation is 3. The number of hydrogen-bond acceptors (Lipinski definition) is 5. The third-order valence-electron chi connectivity index (χ3n) is 4.99. The summed E-state index contributed by atoms with van der Waals surface area (Å²) in [4.78, 5) is 16.8. The summed E-state index contributed by atoms with van der Waals surface area (Å²) in [6.45, 7) is 6.03. The molecular formula is C22H28N4O3. The van der Waals surface area contributed by atoms with E-state index in [4.69, 9.17) is 4.74 Å². The number of carbonyl (C=O) groups excluding carboxylic acids is 1. The van der Waals surface area contributed by atoms with E-state index >= 15 is 0 Å². The molecule has 1 unspecified atom stereocenters. The highest BCUT2D eigenvalue weighted by Gasteiger charge is 2.25. The molecule has 2 N–H and O–H groups in total. The van der Waals surface area contributed by atoms with Crippen molar-refractivity contribution in [3.8, 4) is 5.88 Å². The molecule has 0 aliphatic heterocycles. The van der Waals surface area contributed by atoms with Gasteiger partial charge in [0.15, 0.2) is 12.3 Å². The lowest BCUT2D eigenvalue weighted by atomic mass is 9.84. The second kappa shape index (κ2) is 8.61. The molecular weight excluding hydrogens is 368 g/mol. The molecule has 0 aliphatic rings. The van der Waals surface area contributed by atoms with Crippen LogP contribution >= 0.6 is 0 Å². The largest absolute Gasteiger partial charge is 0.466 e. The minimum atomic E-state index is -0.452. The smallest absolute Gasteiger partial charge is 0.258 e. The first-order valence-electron chi connectivity index (χ1n) is 9.66. The highest BCUT2D eigenvalue weighted by molar-refractivity contribution is 5.85. The number of fused-ring (bicyclic) bond motifs is 1. The predicted molar refractivity (Wildman–Crippen MR) is 112 cm³/mol. The number of benzene rings is 1. The molecule has 2 aromatic heterocycles. The molecule has 0 fully saturated rings. The van der Waals surface area contributed by atoms with Gasteiger partial charge in [-0.15, -0.1) is 5.10 Å². The number of aromatic nitrogens is 3. The van der Waals surface area contributed by atoms with E-state index in [-0.39, 0.29) is 19.1 Å². The lowest BCUT2D eigenvalue weighted by molar-refractivity contribution is -0.123. The van der Waals surface area contributed by atoms with Crippen molar-refractivity contribution < 1.29 is 14.6 Å². The molecule has 154 valence electrons. The summed E-state index contributed by atoms with van der Waals surface area (Å²) in [6, 6.07) is 11.9. The zero-order valence-corrected chi connectivity index (χ0v) is 17.4. The second-order valence-electron chi connectivity index (χ2n) is 7.90. The number of nitrogens with one attached hydrogen (secondary N) is 1. The van der Waals surface area contributed by atoms with Crippen LogP contribution in [0.1, 0.15) is 23.7 Å². The molecule has 1 amide bonds. The van der Waals surface area contributed by atoms with Gasteiger partial charge in [0, 0.05) is 24.7 Å². The van der Waals surface area contributed by atoms with Crippen molar-refractivity contribution in [1.82, 2.24) is 20.1 Å². The molecule has 29 heavy (non-hydrogen) atoms. The average Bonchev–Trinajstić information content (AvgIpc) is 3.01. The summed E-state index contributed by atoms with van der Waals surface area (Å²) in [5.74, 6) is 0.145. The van der Waals surface area contributed by atoms with E-state index in [9.17, 15) is 9.90 Å². The van der Waals surface area contributed by atoms with Crippen LogP contribution in [0, 0.1) is 19.3 Å². The Morgan fingerprint density at radius 1 is 1.28 bits per heavy atom. The fourth-order valence-corrected chi connectivity index (χ4v) is 3.41. The Bertz CT molecular complexity index is 1000. The van der Waals surface area contributed by atoms with Crippen LogP contribution in [-0.2, 0) is 18.3 Å². The van der Waals surface area contributed by atoms with Gasteiger partial charge < -0.3 is 15.2 Å². The number of ether oxygens (including phenoxy) is 1. The van der Waals surface area contributed by atoms with E-state index in [2.05, 4.69) is 15.4 Å². The van der Waals surface area contributed by atoms with Gasteiger partial charge >= 0.3 is 0 Å². The van der Waals surface area contributed by atoms with E-state index in [1.807, 2.05) is 57.2 Å². The Balaban J connectivity index is 1.61. The molecule has 0 bridgehead atoms. The van der Waals surface area contributed by atoms with Gasteiger partial charge in [0.05, 0.1) is 12.0 Å². The first-order valence-corrected chi connectivity index (χ1v) is 9.66. The predicted octanol–water partition coefficient (Wildman–Crippen LogP) is 2.32. The van der Waals surface area contributed by atoms with Gasteiger partial charge in [-0.25, -0.2) is 9.67 Å². The average molecular weight is 396 g/mol. The summed E-state index contributed by atoms with van der Waals surface area (Å²) in [7, 11) is 1.80. The van der Waals surface area contributed by atoms with Crippen LogP contribution in [0.15, 0.2) is 36.4 Å². The molecule has 3 rings (SSSR count). The van der Waals surface area contributed by atoms with Crippen molar-refractivity contribution in [3.63, 3.8) is 0 Å². The molecule has 1 aromatic carbocycles. The molecule has 1 atom stereocenters. The van der Waals surface area contributed by atoms with Crippen molar-refractivity contribution in [2.45, 2.75) is 27.2 Å². The molecule has 0 aliphatic carbocycles. The number of aliphatic hydroxyl groups is 1. The topological polar surface area (TPSA) is 89.3 Å². The molecule has 0 saturated heterocycles. The Morgan fingerprint density at radius 2 is 2.00 bits per heavy atom. The van der Waals surface area contributed by atoms with E-state index in [0.29, 0.717) is 18.8 Å². The van der Waals surface area contributed by atoms with Gasteiger partial charge in [-0.2, -0.15) is 0 Å². The maximum Gasteiger partial charge on any atom is 0.258 e. The summed E-state index contributed by atoms with van der Waals surface area (Å²) in [5, 5.41) is 17.9. The number of pyridine rings is 1. The van der Waals surface area contributed by atoms with Gasteiger partial charge in [0.25, 0.3) is 5.91 Å². The molecule has 0 spiro atoms. The van der Waals surface area contributed by atoms with Crippen molar-refractivity contribution >= 4 is 16.9 Å². The monoisotopic (exact) mass is 396 g/mol. The minimum absolute atomic E-state index is 0.0296. The Kier molecular flexibility index (Phi) is 6.17. The molecule has 2 heterocycles. The number of hydrogen-bond donors (Lipinski definition) is 2. The van der Waals surface area contributed by atoms with Crippen LogP contribution in [0.2, 0.25) is 0 Å². The molecule has 0 radical (unpaired) electrons. The number of amides is 1. The highest BCUT2D eigenvalue weighted by atomic mass is 16.5. The first-order chi connectivity index (χ1) is 13.8. The zero-order chi connectivity index (χ0) is 21.0. The summed E-state index contributed by atoms with van der Waals surface area (Å²) in [6.07, 6.45) is 0.667. The van der Waals surface area contributed by atoms with Gasteiger partial charge in [0.1, 0.15) is 0 Å². The van der Waals surface area contributed by atoms with Gasteiger partial charge in [-0.3, -0.25) is 4.79 Å². The lowest BCUT2D eigenvalue weighted by Gasteiger charge is -2.27. The van der Waals surface area contributed by atoms with Gasteiger partial charge in [0.2, 0.25) is 5.88 Å². The van der Waals surface area contributed by atoms with Crippen LogP contribution in [0.25, 0.3) is 11.0 Å². The second-order valence-corrected chi connectivity index (χ2v) is 7.90. The maximum atomic E-state index is 12.3. The van der Waals surface area contributed by atoms with Crippen LogP contribution in [0.3, 0.4) is 0 Å². The number of nitrogens with zero attached hydrogens (tertiary/aromatic N) is 3. The van der Waals surface area contributed by atoms with Crippen LogP contribution in [0.4, 0.5) is 0 Å². The number of aliphatic hydroxyl groups excluding tert-OH is 1. The van der Waals surface area contributed by atoms with Crippen LogP contribution in [0.5, 0.6) is 5.88 Å². The minimum Gasteiger partial charge on any atom is -0.466 e. The summed E-state index contributed by atoms with van der Waals surface area (Å²) < 4.78 is 7.35. The van der Waals surface area contributed by atoms with Crippen molar-refractivity contribution in [1.29, 1.82) is 0 Å². The van der Waals surface area contributed by atoms with E-state index in [1.54, 1.807) is 11.7 Å². The zero-order valence-electron chi connectivity index (χ0n) is 17.4. The summed E-state index contributed by atoms with van der Waals surface area (Å²) in [5.41, 5.74) is 3.31. The fraction of sp³-hybridized carbons (Fsp3) is 0.409. The van der Waals surface area contributed by atoms with E-state index in [1.165, 1.54) is 0 Å². The van der Waals surface area contributed by atoms with Gasteiger partial charge in [-0.1, -0.05) is 37.3 Å². The fourth-order valence-electron chi connectivity index (χ4n) is 3.41. The van der Waals surface area contributed by atoms with Crippen molar-refractivity contribution in [2.24, 2.45) is 12.5 Å². The number of carbonyl (C=O) groups is 1. The maximum absolute atomic E-state index is 12.3. The van der Waals surface area contributed by atoms with E-state index < -0.39 is 5.41 Å². The standard InChI is InChI=1S/C22H28N4O3/c1-15-10-16(2)24-20-19(15)21(25-26(20)4)29-12-18(28)23-13-22(3,14-27)11-17-8-6-5-7-9-17/h5-10,27H,11-14H2,1-4H3,(H,23,28). The molecule has 7 heteroatoms. The Labute approximate surface area is 170 Å². The quantitative estimate of drug-likeness (QED) is 0.610. The lowest BCUT2D eigenvalue weighted by Crippen LogP contribution is -2.41. The third kappa shape index (κ3) is 4.92. The van der Waals surface area contributed by atoms with Crippen molar-refractivity contribution in [2.75, 3.05) is 19.8 Å². The van der Waals surface area contributed by atoms with Crippen molar-refractivity contribution in [3.05, 3.63) is 53.2 Å². The SMILES string of the molecule is Cc1cc(C)c2c(OCC(=O)NCC(C)(CO)Cc3ccccc3)nn(C)c2n1. The molecule has 3 aromatic rings. The first kappa shape index (κ1) is 20.8. The molecule has 0 saturated carbocycles. The van der Waals surface area contributed by atoms with Crippen LogP contribution in [-0.4, -0.2) is 45.5 Å². The Morgan fingerprint density at radius 3 is 2.69 bits per heavy atom. The van der Waals surface area contributed by atoms with Gasteiger partial charge in [-0.05, 0) is 37.5 Å². The summed E-state index contributed by atoms with van der Waals surface area (Å²) >= 11 is 0. The molecule has 7 nitrogen and oxygen atoms in total. The van der Waals surface area contributed by atoms with E-state index in [0.717, 1.165) is 27.9 Å². The Hall–Kier alpha value is -2.93.